The molecule has 0 N–H and O–H groups in total. The van der Waals surface area contributed by atoms with Gasteiger partial charge in [-0.3, -0.25) is 4.79 Å². The van der Waals surface area contributed by atoms with Crippen molar-refractivity contribution in [3.05, 3.63) is 50.3 Å². The van der Waals surface area contributed by atoms with E-state index in [1.54, 1.807) is 0 Å². The van der Waals surface area contributed by atoms with Crippen LogP contribution < -0.4 is 10.3 Å². The lowest BCUT2D eigenvalue weighted by Gasteiger charge is -2.25. The first kappa shape index (κ1) is 17.0. The summed E-state index contributed by atoms with van der Waals surface area (Å²) in [6.45, 7) is 1.38. The van der Waals surface area contributed by atoms with Gasteiger partial charge in [-0.1, -0.05) is 0 Å². The van der Waals surface area contributed by atoms with E-state index in [0.717, 1.165) is 24.2 Å². The van der Waals surface area contributed by atoms with Crippen LogP contribution in [0.15, 0.2) is 33.7 Å². The molecule has 0 spiro atoms. The number of likely N-dealkylation sites (N-methyl/N-ethyl adjacent to an activating group) is 1. The number of hydrogen-bond acceptors (Lipinski definition) is 4. The molecule has 0 radical (unpaired) electrons. The highest BCUT2D eigenvalue weighted by Crippen LogP contribution is 2.25. The lowest BCUT2D eigenvalue weighted by atomic mass is 10.0. The fourth-order valence-corrected chi connectivity index (χ4v) is 3.13. The SMILES string of the molecule is CN1CCc2c(c(Br)nn(-c3ccc(OC(F)(F)F)cc3)c2=O)C1. The second kappa shape index (κ2) is 6.21. The molecule has 1 aliphatic heterocycles. The number of aromatic nitrogens is 2. The molecule has 1 aromatic heterocycles. The summed E-state index contributed by atoms with van der Waals surface area (Å²) >= 11 is 3.38. The van der Waals surface area contributed by atoms with Crippen LogP contribution in [-0.2, 0) is 13.0 Å². The summed E-state index contributed by atoms with van der Waals surface area (Å²) in [6.07, 6.45) is -4.15. The standard InChI is InChI=1S/C15H13BrF3N3O2/c1-21-7-6-11-12(8-21)13(16)20-22(14(11)23)9-2-4-10(5-3-9)24-15(17,18)19/h2-5H,6-8H2,1H3. The van der Waals surface area contributed by atoms with Crippen LogP contribution in [0.1, 0.15) is 11.1 Å². The smallest absolute Gasteiger partial charge is 0.406 e. The summed E-state index contributed by atoms with van der Waals surface area (Å²) in [7, 11) is 1.96. The molecular weight excluding hydrogens is 391 g/mol. The highest BCUT2D eigenvalue weighted by molar-refractivity contribution is 9.10. The van der Waals surface area contributed by atoms with Gasteiger partial charge in [0.1, 0.15) is 10.4 Å². The number of ether oxygens (including phenoxy) is 1. The molecule has 2 aromatic rings. The lowest BCUT2D eigenvalue weighted by molar-refractivity contribution is -0.274. The van der Waals surface area contributed by atoms with Crippen LogP contribution in [-0.4, -0.2) is 34.6 Å². The van der Waals surface area contributed by atoms with Crippen LogP contribution in [0.2, 0.25) is 0 Å². The number of halogens is 4. The van der Waals surface area contributed by atoms with E-state index >= 15 is 0 Å². The van der Waals surface area contributed by atoms with Gasteiger partial charge < -0.3 is 9.64 Å². The third-order valence-electron chi connectivity index (χ3n) is 3.74. The van der Waals surface area contributed by atoms with Gasteiger partial charge in [0.05, 0.1) is 5.69 Å². The number of hydrogen-bond donors (Lipinski definition) is 0. The number of rotatable bonds is 2. The molecule has 2 heterocycles. The van der Waals surface area contributed by atoms with Gasteiger partial charge in [-0.15, -0.1) is 13.2 Å². The Morgan fingerprint density at radius 1 is 1.21 bits per heavy atom. The van der Waals surface area contributed by atoms with E-state index in [1.807, 2.05) is 7.05 Å². The van der Waals surface area contributed by atoms with Gasteiger partial charge in [0.15, 0.2) is 0 Å². The van der Waals surface area contributed by atoms with Crippen molar-refractivity contribution in [1.29, 1.82) is 0 Å². The fraction of sp³-hybridized carbons (Fsp3) is 0.333. The van der Waals surface area contributed by atoms with Crippen molar-refractivity contribution in [3.8, 4) is 11.4 Å². The van der Waals surface area contributed by atoms with E-state index in [4.69, 9.17) is 0 Å². The van der Waals surface area contributed by atoms with E-state index < -0.39 is 6.36 Å². The second-order valence-corrected chi connectivity index (χ2v) is 6.25. The van der Waals surface area contributed by atoms with Crippen molar-refractivity contribution in [2.24, 2.45) is 0 Å². The zero-order valence-electron chi connectivity index (χ0n) is 12.6. The molecule has 0 amide bonds. The van der Waals surface area contributed by atoms with Crippen molar-refractivity contribution < 1.29 is 17.9 Å². The average Bonchev–Trinajstić information content (AvgIpc) is 2.50. The van der Waals surface area contributed by atoms with Crippen LogP contribution >= 0.6 is 15.9 Å². The average molecular weight is 404 g/mol. The number of fused-ring (bicyclic) bond motifs is 1. The Hall–Kier alpha value is -1.87. The van der Waals surface area contributed by atoms with Gasteiger partial charge >= 0.3 is 6.36 Å². The maximum absolute atomic E-state index is 12.6. The Morgan fingerprint density at radius 3 is 2.50 bits per heavy atom. The Labute approximate surface area is 143 Å². The van der Waals surface area contributed by atoms with Crippen molar-refractivity contribution in [1.82, 2.24) is 14.7 Å². The molecule has 0 fully saturated rings. The minimum atomic E-state index is -4.75. The normalized spacial score (nSPS) is 15.2. The highest BCUT2D eigenvalue weighted by atomic mass is 79.9. The first-order valence-corrected chi connectivity index (χ1v) is 7.89. The van der Waals surface area contributed by atoms with Crippen molar-refractivity contribution in [2.75, 3.05) is 13.6 Å². The number of benzene rings is 1. The zero-order valence-corrected chi connectivity index (χ0v) is 14.2. The summed E-state index contributed by atoms with van der Waals surface area (Å²) in [5.41, 5.74) is 1.63. The molecule has 3 rings (SSSR count). The van der Waals surface area contributed by atoms with E-state index in [-0.39, 0.29) is 11.3 Å². The summed E-state index contributed by atoms with van der Waals surface area (Å²) < 4.78 is 42.2. The Balaban J connectivity index is 1.98. The monoisotopic (exact) mass is 403 g/mol. The maximum Gasteiger partial charge on any atom is 0.573 e. The minimum Gasteiger partial charge on any atom is -0.406 e. The van der Waals surface area contributed by atoms with E-state index in [0.29, 0.717) is 28.8 Å². The van der Waals surface area contributed by atoms with Crippen LogP contribution in [0, 0.1) is 0 Å². The summed E-state index contributed by atoms with van der Waals surface area (Å²) in [4.78, 5) is 14.7. The molecule has 0 atom stereocenters. The van der Waals surface area contributed by atoms with Crippen LogP contribution in [0.4, 0.5) is 13.2 Å². The zero-order chi connectivity index (χ0) is 17.5. The predicted molar refractivity (Wildman–Crippen MR) is 84.3 cm³/mol. The van der Waals surface area contributed by atoms with Crippen LogP contribution in [0.3, 0.4) is 0 Å². The van der Waals surface area contributed by atoms with Crippen LogP contribution in [0.25, 0.3) is 5.69 Å². The molecule has 1 aromatic carbocycles. The van der Waals surface area contributed by atoms with Gasteiger partial charge in [-0.2, -0.15) is 9.78 Å². The number of nitrogens with zero attached hydrogens (tertiary/aromatic N) is 3. The van der Waals surface area contributed by atoms with E-state index in [1.165, 1.54) is 16.8 Å². The summed E-state index contributed by atoms with van der Waals surface area (Å²) in [5, 5.41) is 4.23. The van der Waals surface area contributed by atoms with Gasteiger partial charge in [-0.25, -0.2) is 0 Å². The first-order valence-electron chi connectivity index (χ1n) is 7.10. The van der Waals surface area contributed by atoms with E-state index in [2.05, 4.69) is 30.7 Å². The number of alkyl halides is 3. The quantitative estimate of drug-likeness (QED) is 0.773. The van der Waals surface area contributed by atoms with Crippen molar-refractivity contribution in [2.45, 2.75) is 19.3 Å². The fourth-order valence-electron chi connectivity index (χ4n) is 2.61. The molecule has 9 heteroatoms. The third-order valence-corrected chi connectivity index (χ3v) is 4.38. The van der Waals surface area contributed by atoms with Crippen LogP contribution in [0.5, 0.6) is 5.75 Å². The second-order valence-electron chi connectivity index (χ2n) is 5.49. The maximum atomic E-state index is 12.6. The largest absolute Gasteiger partial charge is 0.573 e. The van der Waals surface area contributed by atoms with Gasteiger partial charge in [-0.05, 0) is 53.7 Å². The van der Waals surface area contributed by atoms with Gasteiger partial charge in [0.2, 0.25) is 0 Å². The lowest BCUT2D eigenvalue weighted by Crippen LogP contribution is -2.35. The molecule has 0 saturated heterocycles. The molecule has 24 heavy (non-hydrogen) atoms. The molecule has 5 nitrogen and oxygen atoms in total. The molecule has 128 valence electrons. The van der Waals surface area contributed by atoms with Gasteiger partial charge in [0.25, 0.3) is 5.56 Å². The summed E-state index contributed by atoms with van der Waals surface area (Å²) in [6, 6.07) is 5.03. The predicted octanol–water partition coefficient (Wildman–Crippen LogP) is 2.88. The Bertz CT molecular complexity index is 818. The molecular formula is C15H13BrF3N3O2. The van der Waals surface area contributed by atoms with Crippen molar-refractivity contribution >= 4 is 15.9 Å². The van der Waals surface area contributed by atoms with Crippen molar-refractivity contribution in [3.63, 3.8) is 0 Å². The minimum absolute atomic E-state index is 0.259. The molecule has 0 bridgehead atoms. The third kappa shape index (κ3) is 3.46. The Morgan fingerprint density at radius 2 is 1.88 bits per heavy atom. The topological polar surface area (TPSA) is 47.4 Å². The van der Waals surface area contributed by atoms with Gasteiger partial charge in [0, 0.05) is 24.2 Å². The van der Waals surface area contributed by atoms with E-state index in [9.17, 15) is 18.0 Å². The molecule has 0 saturated carbocycles. The first-order chi connectivity index (χ1) is 11.2. The summed E-state index contributed by atoms with van der Waals surface area (Å²) in [5.74, 6) is -0.349. The molecule has 1 aliphatic rings. The molecule has 0 aliphatic carbocycles. The molecule has 0 unspecified atom stereocenters. The Kier molecular flexibility index (Phi) is 4.39. The highest BCUT2D eigenvalue weighted by Gasteiger charge is 2.31.